The standard InChI is InChI=1S/C18H19FO/c1-3-13(2)15-6-8-16(9-7-15)18(20)12-14-4-10-17(19)11-5-14/h4-11,13H,3,12H2,1-2H3. The molecule has 0 spiro atoms. The van der Waals surface area contributed by atoms with Crippen LogP contribution < -0.4 is 0 Å². The predicted molar refractivity (Wildman–Crippen MR) is 79.6 cm³/mol. The van der Waals surface area contributed by atoms with Crippen molar-refractivity contribution in [2.24, 2.45) is 0 Å². The summed E-state index contributed by atoms with van der Waals surface area (Å²) in [6.07, 6.45) is 1.39. The normalized spacial score (nSPS) is 12.2. The number of hydrogen-bond acceptors (Lipinski definition) is 1. The summed E-state index contributed by atoms with van der Waals surface area (Å²) in [5.41, 5.74) is 2.80. The highest BCUT2D eigenvalue weighted by atomic mass is 19.1. The average molecular weight is 270 g/mol. The van der Waals surface area contributed by atoms with Crippen LogP contribution in [0.2, 0.25) is 0 Å². The van der Waals surface area contributed by atoms with E-state index in [-0.39, 0.29) is 11.6 Å². The van der Waals surface area contributed by atoms with Gasteiger partial charge in [-0.25, -0.2) is 4.39 Å². The zero-order chi connectivity index (χ0) is 14.5. The second-order valence-electron chi connectivity index (χ2n) is 5.16. The van der Waals surface area contributed by atoms with Crippen molar-refractivity contribution in [2.45, 2.75) is 32.6 Å². The molecule has 0 saturated carbocycles. The number of halogens is 1. The Balaban J connectivity index is 2.07. The van der Waals surface area contributed by atoms with Crippen LogP contribution in [0.4, 0.5) is 4.39 Å². The first-order chi connectivity index (χ1) is 9.60. The Bertz CT molecular complexity index is 569. The van der Waals surface area contributed by atoms with Crippen molar-refractivity contribution in [2.75, 3.05) is 0 Å². The van der Waals surface area contributed by atoms with Crippen molar-refractivity contribution >= 4 is 5.78 Å². The molecule has 20 heavy (non-hydrogen) atoms. The lowest BCUT2D eigenvalue weighted by Crippen LogP contribution is -2.04. The predicted octanol–water partition coefficient (Wildman–Crippen LogP) is 4.76. The van der Waals surface area contributed by atoms with Crippen LogP contribution in [-0.4, -0.2) is 5.78 Å². The zero-order valence-electron chi connectivity index (χ0n) is 11.9. The summed E-state index contributed by atoms with van der Waals surface area (Å²) in [6, 6.07) is 13.9. The maximum Gasteiger partial charge on any atom is 0.167 e. The first-order valence-electron chi connectivity index (χ1n) is 6.97. The fourth-order valence-corrected chi connectivity index (χ4v) is 2.12. The van der Waals surface area contributed by atoms with Crippen LogP contribution in [0.15, 0.2) is 48.5 Å². The molecule has 0 radical (unpaired) electrons. The maximum absolute atomic E-state index is 12.8. The number of carbonyl (C=O) groups is 1. The van der Waals surface area contributed by atoms with Gasteiger partial charge in [0.1, 0.15) is 5.82 Å². The molecule has 104 valence electrons. The molecule has 0 aliphatic heterocycles. The second-order valence-corrected chi connectivity index (χ2v) is 5.16. The van der Waals surface area contributed by atoms with Gasteiger partial charge in [-0.2, -0.15) is 0 Å². The van der Waals surface area contributed by atoms with Gasteiger partial charge in [-0.05, 0) is 35.6 Å². The molecule has 1 unspecified atom stereocenters. The van der Waals surface area contributed by atoms with E-state index in [0.29, 0.717) is 17.9 Å². The van der Waals surface area contributed by atoms with Crippen molar-refractivity contribution in [3.8, 4) is 0 Å². The minimum atomic E-state index is -0.279. The minimum absolute atomic E-state index is 0.0623. The van der Waals surface area contributed by atoms with Gasteiger partial charge in [0.2, 0.25) is 0 Å². The lowest BCUT2D eigenvalue weighted by molar-refractivity contribution is 0.0993. The van der Waals surface area contributed by atoms with Gasteiger partial charge < -0.3 is 0 Å². The van der Waals surface area contributed by atoms with E-state index >= 15 is 0 Å². The number of benzene rings is 2. The number of ketones is 1. The monoisotopic (exact) mass is 270 g/mol. The summed E-state index contributed by atoms with van der Waals surface area (Å²) in [4.78, 5) is 12.2. The van der Waals surface area contributed by atoms with Gasteiger partial charge in [-0.1, -0.05) is 50.2 Å². The van der Waals surface area contributed by atoms with Crippen molar-refractivity contribution < 1.29 is 9.18 Å². The Kier molecular flexibility index (Phi) is 4.67. The SMILES string of the molecule is CCC(C)c1ccc(C(=O)Cc2ccc(F)cc2)cc1. The lowest BCUT2D eigenvalue weighted by atomic mass is 9.95. The molecule has 0 amide bonds. The molecule has 0 aromatic heterocycles. The molecule has 0 heterocycles. The summed E-state index contributed by atoms with van der Waals surface area (Å²) in [6.45, 7) is 4.33. The third-order valence-electron chi connectivity index (χ3n) is 3.69. The molecule has 1 atom stereocenters. The van der Waals surface area contributed by atoms with E-state index in [1.165, 1.54) is 17.7 Å². The van der Waals surface area contributed by atoms with Crippen LogP contribution in [0.25, 0.3) is 0 Å². The van der Waals surface area contributed by atoms with Gasteiger partial charge in [0, 0.05) is 12.0 Å². The molecule has 0 N–H and O–H groups in total. The number of Topliss-reactive ketones (excluding diaryl/α,β-unsaturated/α-hetero) is 1. The second kappa shape index (κ2) is 6.47. The largest absolute Gasteiger partial charge is 0.294 e. The first kappa shape index (κ1) is 14.4. The minimum Gasteiger partial charge on any atom is -0.294 e. The van der Waals surface area contributed by atoms with E-state index < -0.39 is 0 Å². The van der Waals surface area contributed by atoms with E-state index in [9.17, 15) is 9.18 Å². The Labute approximate surface area is 119 Å². The topological polar surface area (TPSA) is 17.1 Å². The molecule has 0 fully saturated rings. The Morgan fingerprint density at radius 1 is 1.05 bits per heavy atom. The van der Waals surface area contributed by atoms with E-state index in [1.807, 2.05) is 24.3 Å². The van der Waals surface area contributed by atoms with Crippen LogP contribution in [0, 0.1) is 5.82 Å². The van der Waals surface area contributed by atoms with E-state index in [4.69, 9.17) is 0 Å². The summed E-state index contributed by atoms with van der Waals surface area (Å²) in [7, 11) is 0. The van der Waals surface area contributed by atoms with Crippen molar-refractivity contribution in [3.63, 3.8) is 0 Å². The lowest BCUT2D eigenvalue weighted by Gasteiger charge is -2.09. The molecule has 2 aromatic carbocycles. The number of hydrogen-bond donors (Lipinski definition) is 0. The molecule has 2 aromatic rings. The van der Waals surface area contributed by atoms with Gasteiger partial charge in [-0.3, -0.25) is 4.79 Å². The van der Waals surface area contributed by atoms with Gasteiger partial charge in [0.25, 0.3) is 0 Å². The average Bonchev–Trinajstić information content (AvgIpc) is 2.49. The van der Waals surface area contributed by atoms with E-state index in [0.717, 1.165) is 12.0 Å². The molecular formula is C18H19FO. The zero-order valence-corrected chi connectivity index (χ0v) is 11.9. The third kappa shape index (κ3) is 3.53. The van der Waals surface area contributed by atoms with Gasteiger partial charge in [-0.15, -0.1) is 0 Å². The fraction of sp³-hybridized carbons (Fsp3) is 0.278. The summed E-state index contributed by atoms with van der Waals surface area (Å²) in [5, 5.41) is 0. The van der Waals surface area contributed by atoms with Crippen molar-refractivity contribution in [3.05, 3.63) is 71.0 Å². The Morgan fingerprint density at radius 3 is 2.20 bits per heavy atom. The molecule has 0 aliphatic rings. The van der Waals surface area contributed by atoms with Gasteiger partial charge in [0.05, 0.1) is 0 Å². The summed E-state index contributed by atoms with van der Waals surface area (Å²) < 4.78 is 12.8. The van der Waals surface area contributed by atoms with Crippen LogP contribution in [0.5, 0.6) is 0 Å². The molecule has 2 heteroatoms. The maximum atomic E-state index is 12.8. The highest BCUT2D eigenvalue weighted by Crippen LogP contribution is 2.19. The van der Waals surface area contributed by atoms with Crippen LogP contribution >= 0.6 is 0 Å². The van der Waals surface area contributed by atoms with Gasteiger partial charge in [0.15, 0.2) is 5.78 Å². The molecule has 0 bridgehead atoms. The molecule has 1 nitrogen and oxygen atoms in total. The number of rotatable bonds is 5. The summed E-state index contributed by atoms with van der Waals surface area (Å²) in [5.74, 6) is 0.294. The highest BCUT2D eigenvalue weighted by Gasteiger charge is 2.08. The molecule has 2 rings (SSSR count). The van der Waals surface area contributed by atoms with Crippen LogP contribution in [-0.2, 0) is 6.42 Å². The van der Waals surface area contributed by atoms with Crippen molar-refractivity contribution in [1.29, 1.82) is 0 Å². The van der Waals surface area contributed by atoms with Gasteiger partial charge >= 0.3 is 0 Å². The number of carbonyl (C=O) groups excluding carboxylic acids is 1. The van der Waals surface area contributed by atoms with E-state index in [1.54, 1.807) is 12.1 Å². The summed E-state index contributed by atoms with van der Waals surface area (Å²) >= 11 is 0. The van der Waals surface area contributed by atoms with Crippen molar-refractivity contribution in [1.82, 2.24) is 0 Å². The first-order valence-corrected chi connectivity index (χ1v) is 6.97. The smallest absolute Gasteiger partial charge is 0.167 e. The molecule has 0 aliphatic carbocycles. The molecular weight excluding hydrogens is 251 g/mol. The Morgan fingerprint density at radius 2 is 1.65 bits per heavy atom. The quantitative estimate of drug-likeness (QED) is 0.716. The third-order valence-corrected chi connectivity index (χ3v) is 3.69. The fourth-order valence-electron chi connectivity index (χ4n) is 2.12. The highest BCUT2D eigenvalue weighted by molar-refractivity contribution is 5.97. The Hall–Kier alpha value is -1.96. The van der Waals surface area contributed by atoms with Crippen LogP contribution in [0.1, 0.15) is 47.7 Å². The van der Waals surface area contributed by atoms with E-state index in [2.05, 4.69) is 13.8 Å². The molecule has 0 saturated heterocycles. The van der Waals surface area contributed by atoms with Crippen LogP contribution in [0.3, 0.4) is 0 Å².